The number of nitrogens with one attached hydrogen (secondary N) is 1. The van der Waals surface area contributed by atoms with Crippen LogP contribution < -0.4 is 16.8 Å². The van der Waals surface area contributed by atoms with Crippen molar-refractivity contribution in [3.05, 3.63) is 70.9 Å². The Kier molecular flexibility index (Phi) is 8.10. The van der Waals surface area contributed by atoms with Crippen molar-refractivity contribution in [1.82, 2.24) is 4.98 Å². The molecule has 2 aromatic carbocycles. The van der Waals surface area contributed by atoms with Crippen LogP contribution in [0.5, 0.6) is 0 Å². The molecule has 0 atom stereocenters. The molecule has 0 aliphatic rings. The molecule has 5 nitrogen and oxygen atoms in total. The van der Waals surface area contributed by atoms with Gasteiger partial charge in [-0.15, -0.1) is 0 Å². The van der Waals surface area contributed by atoms with Gasteiger partial charge < -0.3 is 16.8 Å². The summed E-state index contributed by atoms with van der Waals surface area (Å²) in [5, 5.41) is 5.45. The maximum absolute atomic E-state index is 5.96. The molecular weight excluding hydrogens is 394 g/mol. The Morgan fingerprint density at radius 3 is 2.53 bits per heavy atom. The average Bonchev–Trinajstić information content (AvgIpc) is 2.75. The van der Waals surface area contributed by atoms with Crippen LogP contribution in [0.2, 0.25) is 5.02 Å². The van der Waals surface area contributed by atoms with E-state index in [1.165, 1.54) is 0 Å². The minimum atomic E-state index is 0.169. The summed E-state index contributed by atoms with van der Waals surface area (Å²) in [7, 11) is 0. The fourth-order valence-corrected chi connectivity index (χ4v) is 3.33. The van der Waals surface area contributed by atoms with Gasteiger partial charge >= 0.3 is 0 Å². The van der Waals surface area contributed by atoms with E-state index in [4.69, 9.17) is 28.1 Å². The highest BCUT2D eigenvalue weighted by molar-refractivity contribution is 6.30. The molecule has 156 valence electrons. The maximum atomic E-state index is 5.96. The number of nitrogens with zero attached hydrogens (tertiary/aromatic N) is 2. The van der Waals surface area contributed by atoms with Crippen molar-refractivity contribution >= 4 is 46.3 Å². The van der Waals surface area contributed by atoms with E-state index in [-0.39, 0.29) is 5.96 Å². The summed E-state index contributed by atoms with van der Waals surface area (Å²) in [6.07, 6.45) is 8.44. The highest BCUT2D eigenvalue weighted by Crippen LogP contribution is 2.24. The Hall–Kier alpha value is -3.05. The first-order chi connectivity index (χ1) is 14.6. The lowest BCUT2D eigenvalue weighted by atomic mass is 10.1. The molecule has 0 aliphatic heterocycles. The van der Waals surface area contributed by atoms with Crippen LogP contribution in [-0.4, -0.2) is 24.0 Å². The number of aromatic nitrogens is 1. The predicted molar refractivity (Wildman–Crippen MR) is 130 cm³/mol. The normalized spacial score (nSPS) is 11.1. The summed E-state index contributed by atoms with van der Waals surface area (Å²) in [5.41, 5.74) is 14.8. The molecule has 0 fully saturated rings. The van der Waals surface area contributed by atoms with Crippen LogP contribution in [0, 0.1) is 0 Å². The minimum Gasteiger partial charge on any atom is -0.384 e. The SMILES string of the molecule is NC(N)=NCCCCCCNc1cc(C=Cc2ccc(Cl)cc2)nc2ccccc12. The molecule has 0 saturated carbocycles. The second kappa shape index (κ2) is 11.2. The third-order valence-corrected chi connectivity index (χ3v) is 5.00. The summed E-state index contributed by atoms with van der Waals surface area (Å²) >= 11 is 5.96. The molecule has 5 N–H and O–H groups in total. The molecule has 0 spiro atoms. The number of benzene rings is 2. The number of guanidine groups is 1. The van der Waals surface area contributed by atoms with E-state index in [2.05, 4.69) is 22.4 Å². The number of rotatable bonds is 10. The molecule has 3 rings (SSSR count). The van der Waals surface area contributed by atoms with Crippen molar-refractivity contribution in [3.63, 3.8) is 0 Å². The number of hydrogen-bond donors (Lipinski definition) is 3. The van der Waals surface area contributed by atoms with Gasteiger partial charge in [0.05, 0.1) is 11.2 Å². The Balaban J connectivity index is 1.62. The summed E-state index contributed by atoms with van der Waals surface area (Å²) in [6.45, 7) is 1.62. The van der Waals surface area contributed by atoms with Crippen LogP contribution in [0.3, 0.4) is 0 Å². The van der Waals surface area contributed by atoms with Gasteiger partial charge in [-0.2, -0.15) is 0 Å². The summed E-state index contributed by atoms with van der Waals surface area (Å²) in [4.78, 5) is 8.79. The van der Waals surface area contributed by atoms with E-state index in [0.717, 1.165) is 65.1 Å². The fraction of sp³-hybridized carbons (Fsp3) is 0.250. The number of aliphatic imine (C=N–C) groups is 1. The fourth-order valence-electron chi connectivity index (χ4n) is 3.20. The number of anilines is 1. The van der Waals surface area contributed by atoms with Crippen molar-refractivity contribution in [2.24, 2.45) is 16.5 Å². The Morgan fingerprint density at radius 2 is 1.73 bits per heavy atom. The molecule has 1 aromatic heterocycles. The van der Waals surface area contributed by atoms with E-state index in [9.17, 15) is 0 Å². The van der Waals surface area contributed by atoms with Crippen molar-refractivity contribution < 1.29 is 0 Å². The van der Waals surface area contributed by atoms with Gasteiger partial charge in [0, 0.05) is 29.2 Å². The molecule has 0 unspecified atom stereocenters. The lowest BCUT2D eigenvalue weighted by Crippen LogP contribution is -2.22. The Bertz CT molecular complexity index is 1010. The van der Waals surface area contributed by atoms with E-state index in [1.807, 2.05) is 54.6 Å². The lowest BCUT2D eigenvalue weighted by Gasteiger charge is -2.11. The van der Waals surface area contributed by atoms with Gasteiger partial charge in [0.25, 0.3) is 0 Å². The average molecular weight is 422 g/mol. The maximum Gasteiger partial charge on any atom is 0.185 e. The third-order valence-electron chi connectivity index (χ3n) is 4.75. The zero-order chi connectivity index (χ0) is 21.2. The molecular formula is C24H28ClN5. The second-order valence-electron chi connectivity index (χ2n) is 7.14. The van der Waals surface area contributed by atoms with Crippen molar-refractivity contribution in [1.29, 1.82) is 0 Å². The highest BCUT2D eigenvalue weighted by Gasteiger charge is 2.04. The van der Waals surface area contributed by atoms with Crippen LogP contribution >= 0.6 is 11.6 Å². The summed E-state index contributed by atoms with van der Waals surface area (Å²) < 4.78 is 0. The molecule has 0 bridgehead atoms. The van der Waals surface area contributed by atoms with E-state index in [0.29, 0.717) is 6.54 Å². The Labute approximate surface area is 182 Å². The summed E-state index contributed by atoms with van der Waals surface area (Å²) in [6, 6.07) is 18.1. The lowest BCUT2D eigenvalue weighted by molar-refractivity contribution is 0.662. The topological polar surface area (TPSA) is 89.3 Å². The molecule has 0 aliphatic carbocycles. The molecule has 0 radical (unpaired) electrons. The quantitative estimate of drug-likeness (QED) is 0.235. The van der Waals surface area contributed by atoms with Crippen LogP contribution in [0.25, 0.3) is 23.1 Å². The standard InChI is InChI=1S/C24H28ClN5/c25-19-12-9-18(10-13-19)11-14-20-17-23(21-7-3-4-8-22(21)30-20)28-15-5-1-2-6-16-29-24(26)27/h3-4,7-14,17H,1-2,5-6,15-16H2,(H,28,30)(H4,26,27,29). The van der Waals surface area contributed by atoms with Gasteiger partial charge in [0.2, 0.25) is 0 Å². The number of unbranched alkanes of at least 4 members (excludes halogenated alkanes) is 3. The van der Waals surface area contributed by atoms with Crippen molar-refractivity contribution in [2.45, 2.75) is 25.7 Å². The molecule has 30 heavy (non-hydrogen) atoms. The largest absolute Gasteiger partial charge is 0.384 e. The van der Waals surface area contributed by atoms with E-state index < -0.39 is 0 Å². The van der Waals surface area contributed by atoms with Crippen molar-refractivity contribution in [3.8, 4) is 0 Å². The third kappa shape index (κ3) is 6.78. The number of pyridine rings is 1. The molecule has 6 heteroatoms. The number of nitrogens with two attached hydrogens (primary N) is 2. The van der Waals surface area contributed by atoms with Gasteiger partial charge in [-0.25, -0.2) is 4.98 Å². The smallest absolute Gasteiger partial charge is 0.185 e. The van der Waals surface area contributed by atoms with Crippen LogP contribution in [0.15, 0.2) is 59.6 Å². The second-order valence-corrected chi connectivity index (χ2v) is 7.58. The number of halogens is 1. The van der Waals surface area contributed by atoms with E-state index in [1.54, 1.807) is 0 Å². The highest BCUT2D eigenvalue weighted by atomic mass is 35.5. The van der Waals surface area contributed by atoms with Crippen LogP contribution in [-0.2, 0) is 0 Å². The Morgan fingerprint density at radius 1 is 0.967 bits per heavy atom. The molecule has 3 aromatic rings. The van der Waals surface area contributed by atoms with Crippen LogP contribution in [0.1, 0.15) is 36.9 Å². The monoisotopic (exact) mass is 421 g/mol. The zero-order valence-corrected chi connectivity index (χ0v) is 17.8. The zero-order valence-electron chi connectivity index (χ0n) is 17.0. The first-order valence-electron chi connectivity index (χ1n) is 10.2. The number of fused-ring (bicyclic) bond motifs is 1. The summed E-state index contributed by atoms with van der Waals surface area (Å²) in [5.74, 6) is 0.169. The number of hydrogen-bond acceptors (Lipinski definition) is 3. The van der Waals surface area contributed by atoms with Gasteiger partial charge in [0.15, 0.2) is 5.96 Å². The molecule has 0 saturated heterocycles. The van der Waals surface area contributed by atoms with E-state index >= 15 is 0 Å². The minimum absolute atomic E-state index is 0.169. The first-order valence-corrected chi connectivity index (χ1v) is 10.6. The van der Waals surface area contributed by atoms with Crippen LogP contribution in [0.4, 0.5) is 5.69 Å². The van der Waals surface area contributed by atoms with Gasteiger partial charge in [0.1, 0.15) is 0 Å². The van der Waals surface area contributed by atoms with Gasteiger partial charge in [-0.1, -0.05) is 60.9 Å². The number of para-hydroxylation sites is 1. The van der Waals surface area contributed by atoms with Crippen molar-refractivity contribution in [2.75, 3.05) is 18.4 Å². The first kappa shape index (κ1) is 21.7. The van der Waals surface area contributed by atoms with Gasteiger partial charge in [-0.3, -0.25) is 4.99 Å². The van der Waals surface area contributed by atoms with Gasteiger partial charge in [-0.05, 0) is 48.7 Å². The predicted octanol–water partition coefficient (Wildman–Crippen LogP) is 5.30. The molecule has 0 amide bonds. The molecule has 1 heterocycles.